The number of guanidine groups is 1. The second-order valence-electron chi connectivity index (χ2n) is 5.68. The fourth-order valence-electron chi connectivity index (χ4n) is 2.05. The lowest BCUT2D eigenvalue weighted by Crippen LogP contribution is -2.37. The Kier molecular flexibility index (Phi) is 12.0. The van der Waals surface area contributed by atoms with Crippen molar-refractivity contribution in [2.24, 2.45) is 10.9 Å². The summed E-state index contributed by atoms with van der Waals surface area (Å²) in [5.74, 6) is 1.90. The maximum Gasteiger partial charge on any atom is 0.191 e. The lowest BCUT2D eigenvalue weighted by molar-refractivity contribution is 0.474. The smallest absolute Gasteiger partial charge is 0.191 e. The fraction of sp³-hybridized carbons (Fsp3) is 0.588. The molecular formula is C17H30IN3O. The van der Waals surface area contributed by atoms with Gasteiger partial charge in [0.1, 0.15) is 5.75 Å². The third kappa shape index (κ3) is 9.87. The zero-order chi connectivity index (χ0) is 15.5. The first kappa shape index (κ1) is 21.0. The first-order valence-corrected chi connectivity index (χ1v) is 7.92. The normalized spacial score (nSPS) is 11.2. The van der Waals surface area contributed by atoms with E-state index in [0.29, 0.717) is 6.54 Å². The summed E-state index contributed by atoms with van der Waals surface area (Å²) in [5.41, 5.74) is 1.01. The lowest BCUT2D eigenvalue weighted by Gasteiger charge is -2.11. The Bertz CT molecular complexity index is 436. The number of phenolic OH excluding ortho intramolecular Hbond substituents is 1. The summed E-state index contributed by atoms with van der Waals surface area (Å²) in [6, 6.07) is 7.23. The number of hydrogen-bond donors (Lipinski definition) is 3. The highest BCUT2D eigenvalue weighted by molar-refractivity contribution is 14.0. The number of benzene rings is 1. The van der Waals surface area contributed by atoms with Gasteiger partial charge < -0.3 is 15.7 Å². The number of nitrogens with one attached hydrogen (secondary N) is 2. The molecule has 5 heteroatoms. The molecule has 0 unspecified atom stereocenters. The van der Waals surface area contributed by atoms with Crippen LogP contribution < -0.4 is 10.6 Å². The number of unbranched alkanes of at least 4 members (excludes halogenated alkanes) is 1. The molecule has 1 aromatic rings. The molecule has 0 saturated heterocycles. The molecule has 0 aromatic heterocycles. The summed E-state index contributed by atoms with van der Waals surface area (Å²) in [4.78, 5) is 4.54. The van der Waals surface area contributed by atoms with Crippen LogP contribution in [-0.4, -0.2) is 24.2 Å². The van der Waals surface area contributed by atoms with E-state index in [2.05, 4.69) is 36.4 Å². The van der Waals surface area contributed by atoms with E-state index in [0.717, 1.165) is 37.0 Å². The molecule has 0 amide bonds. The van der Waals surface area contributed by atoms with E-state index in [1.165, 1.54) is 12.8 Å². The lowest BCUT2D eigenvalue weighted by atomic mass is 10.1. The van der Waals surface area contributed by atoms with Crippen LogP contribution in [0, 0.1) is 5.92 Å². The van der Waals surface area contributed by atoms with Crippen molar-refractivity contribution in [3.63, 3.8) is 0 Å². The Hall–Kier alpha value is -0.980. The summed E-state index contributed by atoms with van der Waals surface area (Å²) in [7, 11) is 0. The van der Waals surface area contributed by atoms with Crippen LogP contribution in [0.2, 0.25) is 0 Å². The minimum atomic E-state index is 0. The molecule has 0 aliphatic rings. The molecule has 0 atom stereocenters. The first-order chi connectivity index (χ1) is 10.1. The van der Waals surface area contributed by atoms with Crippen molar-refractivity contribution in [2.75, 3.05) is 13.1 Å². The van der Waals surface area contributed by atoms with E-state index in [4.69, 9.17) is 0 Å². The topological polar surface area (TPSA) is 56.7 Å². The second kappa shape index (κ2) is 12.6. The van der Waals surface area contributed by atoms with E-state index >= 15 is 0 Å². The summed E-state index contributed by atoms with van der Waals surface area (Å²) >= 11 is 0. The predicted octanol–water partition coefficient (Wildman–Crippen LogP) is 3.89. The van der Waals surface area contributed by atoms with Gasteiger partial charge in [-0.3, -0.25) is 0 Å². The average molecular weight is 419 g/mol. The molecule has 3 N–H and O–H groups in total. The van der Waals surface area contributed by atoms with Gasteiger partial charge in [-0.25, -0.2) is 4.99 Å². The number of hydrogen-bond acceptors (Lipinski definition) is 2. The van der Waals surface area contributed by atoms with Crippen LogP contribution in [0.15, 0.2) is 29.3 Å². The van der Waals surface area contributed by atoms with Gasteiger partial charge in [-0.1, -0.05) is 38.8 Å². The molecule has 4 nitrogen and oxygen atoms in total. The van der Waals surface area contributed by atoms with Gasteiger partial charge in [0.05, 0.1) is 6.54 Å². The quantitative estimate of drug-likeness (QED) is 0.259. The molecule has 126 valence electrons. The minimum absolute atomic E-state index is 0. The van der Waals surface area contributed by atoms with Gasteiger partial charge in [-0.05, 0) is 37.0 Å². The molecule has 0 aliphatic carbocycles. The van der Waals surface area contributed by atoms with Gasteiger partial charge in [-0.15, -0.1) is 24.0 Å². The highest BCUT2D eigenvalue weighted by Crippen LogP contribution is 2.11. The van der Waals surface area contributed by atoms with Crippen molar-refractivity contribution >= 4 is 29.9 Å². The Morgan fingerprint density at radius 1 is 1.23 bits per heavy atom. The summed E-state index contributed by atoms with van der Waals surface area (Å²) < 4.78 is 0. The number of rotatable bonds is 8. The third-order valence-electron chi connectivity index (χ3n) is 3.18. The highest BCUT2D eigenvalue weighted by Gasteiger charge is 1.99. The molecule has 0 bridgehead atoms. The number of halogens is 1. The maximum absolute atomic E-state index is 9.45. The maximum atomic E-state index is 9.45. The van der Waals surface area contributed by atoms with Crippen LogP contribution in [0.5, 0.6) is 5.75 Å². The second-order valence-corrected chi connectivity index (χ2v) is 5.68. The minimum Gasteiger partial charge on any atom is -0.508 e. The Morgan fingerprint density at radius 3 is 2.64 bits per heavy atom. The SMILES string of the molecule is CCNC(=NCc1cccc(O)c1)NCCCCC(C)C.I. The molecule has 0 saturated carbocycles. The molecule has 0 radical (unpaired) electrons. The fourth-order valence-corrected chi connectivity index (χ4v) is 2.05. The molecule has 0 heterocycles. The van der Waals surface area contributed by atoms with Gasteiger partial charge in [0.15, 0.2) is 5.96 Å². The van der Waals surface area contributed by atoms with E-state index in [1.54, 1.807) is 12.1 Å². The van der Waals surface area contributed by atoms with Crippen molar-refractivity contribution in [1.29, 1.82) is 0 Å². The van der Waals surface area contributed by atoms with Gasteiger partial charge in [-0.2, -0.15) is 0 Å². The zero-order valence-corrected chi connectivity index (χ0v) is 16.3. The van der Waals surface area contributed by atoms with Gasteiger partial charge >= 0.3 is 0 Å². The van der Waals surface area contributed by atoms with Crippen molar-refractivity contribution in [3.05, 3.63) is 29.8 Å². The van der Waals surface area contributed by atoms with Gasteiger partial charge in [0, 0.05) is 13.1 Å². The van der Waals surface area contributed by atoms with Gasteiger partial charge in [0.25, 0.3) is 0 Å². The molecule has 1 rings (SSSR count). The largest absolute Gasteiger partial charge is 0.508 e. The van der Waals surface area contributed by atoms with Gasteiger partial charge in [0.2, 0.25) is 0 Å². The highest BCUT2D eigenvalue weighted by atomic mass is 127. The molecular weight excluding hydrogens is 389 g/mol. The van der Waals surface area contributed by atoms with Crippen LogP contribution in [-0.2, 0) is 6.54 Å². The zero-order valence-electron chi connectivity index (χ0n) is 13.9. The molecule has 22 heavy (non-hydrogen) atoms. The van der Waals surface area contributed by atoms with Crippen molar-refractivity contribution in [1.82, 2.24) is 10.6 Å². The standard InChI is InChI=1S/C17H29N3O.HI/c1-4-18-17(19-11-6-5-8-14(2)3)20-13-15-9-7-10-16(21)12-15;/h7,9-10,12,14,21H,4-6,8,11,13H2,1-3H3,(H2,18,19,20);1H. The first-order valence-electron chi connectivity index (χ1n) is 7.92. The van der Waals surface area contributed by atoms with Crippen LogP contribution >= 0.6 is 24.0 Å². The summed E-state index contributed by atoms with van der Waals surface area (Å²) in [6.45, 7) is 8.93. The number of nitrogens with zero attached hydrogens (tertiary/aromatic N) is 1. The van der Waals surface area contributed by atoms with E-state index in [9.17, 15) is 5.11 Å². The number of phenols is 1. The molecule has 1 aromatic carbocycles. The third-order valence-corrected chi connectivity index (χ3v) is 3.18. The molecule has 0 aliphatic heterocycles. The average Bonchev–Trinajstić information content (AvgIpc) is 2.44. The van der Waals surface area contributed by atoms with E-state index in [1.807, 2.05) is 12.1 Å². The van der Waals surface area contributed by atoms with Crippen molar-refractivity contribution < 1.29 is 5.11 Å². The molecule has 0 spiro atoms. The predicted molar refractivity (Wildman–Crippen MR) is 105 cm³/mol. The monoisotopic (exact) mass is 419 g/mol. The summed E-state index contributed by atoms with van der Waals surface area (Å²) in [5, 5.41) is 16.0. The number of aromatic hydroxyl groups is 1. The van der Waals surface area contributed by atoms with Crippen molar-refractivity contribution in [3.8, 4) is 5.75 Å². The number of aliphatic imine (C=N–C) groups is 1. The van der Waals surface area contributed by atoms with E-state index in [-0.39, 0.29) is 29.7 Å². The Balaban J connectivity index is 0.00000441. The van der Waals surface area contributed by atoms with E-state index < -0.39 is 0 Å². The van der Waals surface area contributed by atoms with Crippen LogP contribution in [0.3, 0.4) is 0 Å². The van der Waals surface area contributed by atoms with Crippen LogP contribution in [0.25, 0.3) is 0 Å². The van der Waals surface area contributed by atoms with Crippen molar-refractivity contribution in [2.45, 2.75) is 46.6 Å². The Morgan fingerprint density at radius 2 is 2.00 bits per heavy atom. The van der Waals surface area contributed by atoms with Crippen LogP contribution in [0.4, 0.5) is 0 Å². The summed E-state index contributed by atoms with van der Waals surface area (Å²) in [6.07, 6.45) is 3.68. The van der Waals surface area contributed by atoms with Crippen LogP contribution in [0.1, 0.15) is 45.6 Å². The molecule has 0 fully saturated rings. The Labute approximate surface area is 151 Å².